The molecule has 1 aliphatic rings. The molecular formula is C17H22ClNO4. The van der Waals surface area contributed by atoms with E-state index in [1.54, 1.807) is 31.1 Å². The largest absolute Gasteiger partial charge is 0.496 e. The third-order valence-electron chi connectivity index (χ3n) is 3.86. The van der Waals surface area contributed by atoms with Gasteiger partial charge in [0.25, 0.3) is 0 Å². The second-order valence-corrected chi connectivity index (χ2v) is 6.07. The number of hydrogen-bond donors (Lipinski definition) is 0. The number of carbonyl (C=O) groups excluding carboxylic acids is 2. The fourth-order valence-electron chi connectivity index (χ4n) is 2.56. The number of ether oxygens (including phenoxy) is 2. The summed E-state index contributed by atoms with van der Waals surface area (Å²) in [6, 6.07) is 3.65. The lowest BCUT2D eigenvalue weighted by Gasteiger charge is -2.22. The second kappa shape index (κ2) is 7.68. The van der Waals surface area contributed by atoms with E-state index in [2.05, 4.69) is 0 Å². The van der Waals surface area contributed by atoms with E-state index in [4.69, 9.17) is 21.1 Å². The van der Waals surface area contributed by atoms with E-state index in [0.717, 1.165) is 24.0 Å². The van der Waals surface area contributed by atoms with E-state index in [-0.39, 0.29) is 30.9 Å². The molecule has 0 aliphatic heterocycles. The normalized spacial score (nSPS) is 13.6. The quantitative estimate of drug-likeness (QED) is 0.717. The maximum atomic E-state index is 12.7. The van der Waals surface area contributed by atoms with Gasteiger partial charge in [0.1, 0.15) is 12.3 Å². The Labute approximate surface area is 141 Å². The molecule has 0 N–H and O–H groups in total. The van der Waals surface area contributed by atoms with Gasteiger partial charge >= 0.3 is 5.97 Å². The highest BCUT2D eigenvalue weighted by molar-refractivity contribution is 6.30. The SMILES string of the molecule is CCOC(=O)CN(C(=O)Cc1c(C)cc(Cl)cc1OC)C1CC1. The van der Waals surface area contributed by atoms with Crippen molar-refractivity contribution in [1.29, 1.82) is 0 Å². The van der Waals surface area contributed by atoms with Crippen LogP contribution in [0, 0.1) is 6.92 Å². The standard InChI is InChI=1S/C17H22ClNO4/c1-4-23-17(21)10-19(13-5-6-13)16(20)9-14-11(2)7-12(18)8-15(14)22-3/h7-8,13H,4-6,9-10H2,1-3H3. The number of aryl methyl sites for hydroxylation is 1. The summed E-state index contributed by atoms with van der Waals surface area (Å²) in [5, 5.41) is 0.570. The smallest absolute Gasteiger partial charge is 0.325 e. The van der Waals surface area contributed by atoms with Crippen LogP contribution in [0.3, 0.4) is 0 Å². The van der Waals surface area contributed by atoms with Crippen molar-refractivity contribution in [3.8, 4) is 5.75 Å². The third kappa shape index (κ3) is 4.61. The maximum absolute atomic E-state index is 12.7. The van der Waals surface area contributed by atoms with Crippen LogP contribution in [0.1, 0.15) is 30.9 Å². The van der Waals surface area contributed by atoms with Gasteiger partial charge in [0, 0.05) is 16.6 Å². The van der Waals surface area contributed by atoms with Crippen molar-refractivity contribution in [1.82, 2.24) is 4.90 Å². The van der Waals surface area contributed by atoms with Crippen LogP contribution in [0.4, 0.5) is 0 Å². The van der Waals surface area contributed by atoms with Gasteiger partial charge in [-0.05, 0) is 44.4 Å². The molecule has 2 rings (SSSR count). The zero-order valence-electron chi connectivity index (χ0n) is 13.7. The van der Waals surface area contributed by atoms with E-state index in [1.807, 2.05) is 6.92 Å². The topological polar surface area (TPSA) is 55.8 Å². The van der Waals surface area contributed by atoms with Gasteiger partial charge in [-0.3, -0.25) is 9.59 Å². The van der Waals surface area contributed by atoms with E-state index >= 15 is 0 Å². The molecule has 1 saturated carbocycles. The fraction of sp³-hybridized carbons (Fsp3) is 0.529. The Morgan fingerprint density at radius 1 is 1.35 bits per heavy atom. The molecule has 126 valence electrons. The Bertz CT molecular complexity index is 599. The predicted molar refractivity (Wildman–Crippen MR) is 87.8 cm³/mol. The van der Waals surface area contributed by atoms with E-state index < -0.39 is 0 Å². The van der Waals surface area contributed by atoms with Crippen molar-refractivity contribution in [2.45, 2.75) is 39.2 Å². The first kappa shape index (κ1) is 17.6. The second-order valence-electron chi connectivity index (χ2n) is 5.64. The molecule has 0 aromatic heterocycles. The van der Waals surface area contributed by atoms with Gasteiger partial charge in [0.15, 0.2) is 0 Å². The zero-order chi connectivity index (χ0) is 17.0. The first-order chi connectivity index (χ1) is 11.0. The molecule has 0 saturated heterocycles. The Morgan fingerprint density at radius 2 is 2.04 bits per heavy atom. The van der Waals surface area contributed by atoms with Crippen LogP contribution in [0.2, 0.25) is 5.02 Å². The lowest BCUT2D eigenvalue weighted by Crippen LogP contribution is -2.39. The van der Waals surface area contributed by atoms with Crippen LogP contribution in [-0.4, -0.2) is 43.1 Å². The number of rotatable bonds is 7. The summed E-state index contributed by atoms with van der Waals surface area (Å²) in [6.07, 6.45) is 2.05. The molecule has 6 heteroatoms. The van der Waals surface area contributed by atoms with Crippen LogP contribution in [0.5, 0.6) is 5.75 Å². The van der Waals surface area contributed by atoms with Crippen molar-refractivity contribution in [2.24, 2.45) is 0 Å². The molecule has 0 spiro atoms. The van der Waals surface area contributed by atoms with Crippen LogP contribution in [-0.2, 0) is 20.7 Å². The summed E-state index contributed by atoms with van der Waals surface area (Å²) in [7, 11) is 1.55. The molecule has 0 heterocycles. The Kier molecular flexibility index (Phi) is 5.88. The van der Waals surface area contributed by atoms with Crippen molar-refractivity contribution in [3.05, 3.63) is 28.3 Å². The molecule has 0 radical (unpaired) electrons. The summed E-state index contributed by atoms with van der Waals surface area (Å²) in [6.45, 7) is 3.97. The number of hydrogen-bond acceptors (Lipinski definition) is 4. The Balaban J connectivity index is 2.14. The minimum absolute atomic E-state index is 0.00624. The molecule has 1 aliphatic carbocycles. The molecule has 0 atom stereocenters. The van der Waals surface area contributed by atoms with Gasteiger partial charge < -0.3 is 14.4 Å². The van der Waals surface area contributed by atoms with Crippen LogP contribution >= 0.6 is 11.6 Å². The lowest BCUT2D eigenvalue weighted by atomic mass is 10.0. The molecule has 1 fully saturated rings. The first-order valence-electron chi connectivity index (χ1n) is 7.74. The lowest BCUT2D eigenvalue weighted by molar-refractivity contribution is -0.149. The van der Waals surface area contributed by atoms with Crippen molar-refractivity contribution < 1.29 is 19.1 Å². The summed E-state index contributed by atoms with van der Waals surface area (Å²) < 4.78 is 10.3. The van der Waals surface area contributed by atoms with E-state index in [1.165, 1.54) is 0 Å². The minimum Gasteiger partial charge on any atom is -0.496 e. The Morgan fingerprint density at radius 3 is 2.61 bits per heavy atom. The molecular weight excluding hydrogens is 318 g/mol. The number of amides is 1. The Hall–Kier alpha value is -1.75. The van der Waals surface area contributed by atoms with Gasteiger partial charge in [0.05, 0.1) is 20.1 Å². The minimum atomic E-state index is -0.368. The predicted octanol–water partition coefficient (Wildman–Crippen LogP) is 2.75. The summed E-state index contributed by atoms with van der Waals surface area (Å²) >= 11 is 6.03. The highest BCUT2D eigenvalue weighted by atomic mass is 35.5. The van der Waals surface area contributed by atoms with Crippen molar-refractivity contribution >= 4 is 23.5 Å². The van der Waals surface area contributed by atoms with Crippen LogP contribution in [0.15, 0.2) is 12.1 Å². The molecule has 5 nitrogen and oxygen atoms in total. The molecule has 1 aromatic carbocycles. The molecule has 23 heavy (non-hydrogen) atoms. The molecule has 0 bridgehead atoms. The zero-order valence-corrected chi connectivity index (χ0v) is 14.5. The first-order valence-corrected chi connectivity index (χ1v) is 8.12. The van der Waals surface area contributed by atoms with Gasteiger partial charge in [-0.25, -0.2) is 0 Å². The van der Waals surface area contributed by atoms with Gasteiger partial charge in [-0.15, -0.1) is 0 Å². The molecule has 1 amide bonds. The molecule has 0 unspecified atom stereocenters. The molecule has 1 aromatic rings. The monoisotopic (exact) mass is 339 g/mol. The van der Waals surface area contributed by atoms with Crippen molar-refractivity contribution in [3.63, 3.8) is 0 Å². The highest BCUT2D eigenvalue weighted by Gasteiger charge is 2.34. The number of carbonyl (C=O) groups is 2. The van der Waals surface area contributed by atoms with Gasteiger partial charge in [-0.1, -0.05) is 11.6 Å². The summed E-state index contributed by atoms with van der Waals surface area (Å²) in [4.78, 5) is 26.0. The number of halogens is 1. The maximum Gasteiger partial charge on any atom is 0.325 e. The average molecular weight is 340 g/mol. The summed E-state index contributed by atoms with van der Waals surface area (Å²) in [5.74, 6) is 0.132. The highest BCUT2D eigenvalue weighted by Crippen LogP contribution is 2.31. The fourth-order valence-corrected chi connectivity index (χ4v) is 2.82. The van der Waals surface area contributed by atoms with Crippen molar-refractivity contribution in [2.75, 3.05) is 20.3 Å². The van der Waals surface area contributed by atoms with Gasteiger partial charge in [-0.2, -0.15) is 0 Å². The van der Waals surface area contributed by atoms with E-state index in [9.17, 15) is 9.59 Å². The van der Waals surface area contributed by atoms with Crippen LogP contribution < -0.4 is 4.74 Å². The number of benzene rings is 1. The third-order valence-corrected chi connectivity index (χ3v) is 4.08. The van der Waals surface area contributed by atoms with E-state index in [0.29, 0.717) is 17.4 Å². The number of nitrogens with zero attached hydrogens (tertiary/aromatic N) is 1. The number of methoxy groups -OCH3 is 1. The van der Waals surface area contributed by atoms with Gasteiger partial charge in [0.2, 0.25) is 5.91 Å². The number of esters is 1. The van der Waals surface area contributed by atoms with Crippen LogP contribution in [0.25, 0.3) is 0 Å². The average Bonchev–Trinajstić information content (AvgIpc) is 3.32. The summed E-state index contributed by atoms with van der Waals surface area (Å²) in [5.41, 5.74) is 1.70.